The molecule has 2 atom stereocenters. The van der Waals surface area contributed by atoms with Crippen molar-refractivity contribution in [2.75, 3.05) is 13.7 Å². The first-order valence-electron chi connectivity index (χ1n) is 13.6. The lowest BCUT2D eigenvalue weighted by atomic mass is 10.1. The number of sulfonamides is 1. The molecule has 0 radical (unpaired) electrons. The minimum absolute atomic E-state index is 0.0528. The van der Waals surface area contributed by atoms with Crippen LogP contribution in [0, 0.1) is 0 Å². The first kappa shape index (κ1) is 35.6. The molecule has 0 saturated carbocycles. The Balaban J connectivity index is 2.11. The minimum Gasteiger partial charge on any atom is -0.469 e. The third-order valence-electron chi connectivity index (χ3n) is 6.39. The molecule has 0 fully saturated rings. The molecule has 0 spiro atoms. The monoisotopic (exact) mass is 634 g/mol. The van der Waals surface area contributed by atoms with Crippen molar-refractivity contribution in [3.63, 3.8) is 0 Å². The van der Waals surface area contributed by atoms with E-state index >= 15 is 0 Å². The summed E-state index contributed by atoms with van der Waals surface area (Å²) in [6, 6.07) is 8.96. The number of allylic oxidation sites excluding steroid dienone is 3. The number of rotatable bonds is 18. The molecule has 43 heavy (non-hydrogen) atoms. The van der Waals surface area contributed by atoms with Crippen molar-refractivity contribution in [3.8, 4) is 0 Å². The van der Waals surface area contributed by atoms with Gasteiger partial charge in [-0.25, -0.2) is 13.1 Å². The molecule has 13 heteroatoms. The summed E-state index contributed by atoms with van der Waals surface area (Å²) in [4.78, 5) is 37.5. The van der Waals surface area contributed by atoms with Crippen molar-refractivity contribution >= 4 is 39.4 Å². The predicted molar refractivity (Wildman–Crippen MR) is 165 cm³/mol. The van der Waals surface area contributed by atoms with Gasteiger partial charge in [0.2, 0.25) is 21.8 Å². The Morgan fingerprint density at radius 2 is 1.77 bits per heavy atom. The third-order valence-corrected chi connectivity index (χ3v) is 7.98. The Labute approximate surface area is 257 Å². The maximum absolute atomic E-state index is 13.2. The zero-order chi connectivity index (χ0) is 31.8. The van der Waals surface area contributed by atoms with Crippen molar-refractivity contribution in [1.29, 1.82) is 0 Å². The van der Waals surface area contributed by atoms with Gasteiger partial charge in [0.25, 0.3) is 0 Å². The summed E-state index contributed by atoms with van der Waals surface area (Å²) in [5.41, 5.74) is 8.31. The number of nitrogens with two attached hydrogens (primary N) is 1. The number of benzene rings is 2. The van der Waals surface area contributed by atoms with Gasteiger partial charge in [-0.2, -0.15) is 0 Å². The fraction of sp³-hybridized carbons (Fsp3) is 0.367. The molecule has 6 N–H and O–H groups in total. The van der Waals surface area contributed by atoms with Gasteiger partial charge in [0.05, 0.1) is 25.9 Å². The van der Waals surface area contributed by atoms with Crippen LogP contribution in [-0.4, -0.2) is 57.1 Å². The molecule has 11 nitrogen and oxygen atoms in total. The molecule has 0 bridgehead atoms. The van der Waals surface area contributed by atoms with Crippen LogP contribution in [0.4, 0.5) is 0 Å². The van der Waals surface area contributed by atoms with Gasteiger partial charge < -0.3 is 26.2 Å². The van der Waals surface area contributed by atoms with E-state index in [9.17, 15) is 27.9 Å². The number of hydrogen-bond donors (Lipinski definition) is 5. The second-order valence-corrected chi connectivity index (χ2v) is 11.9. The fourth-order valence-electron chi connectivity index (χ4n) is 4.08. The number of carbonyl (C=O) groups excluding carboxylic acids is 3. The lowest BCUT2D eigenvalue weighted by Gasteiger charge is -2.22. The zero-order valence-corrected chi connectivity index (χ0v) is 25.6. The quantitative estimate of drug-likeness (QED) is 0.0939. The van der Waals surface area contributed by atoms with Gasteiger partial charge in [0.15, 0.2) is 0 Å². The molecule has 0 unspecified atom stereocenters. The smallest absolute Gasteiger partial charge is 0.309 e. The van der Waals surface area contributed by atoms with Crippen LogP contribution in [0.15, 0.2) is 67.3 Å². The lowest BCUT2D eigenvalue weighted by Crippen LogP contribution is -2.55. The van der Waals surface area contributed by atoms with Crippen LogP contribution < -0.4 is 21.1 Å². The second kappa shape index (κ2) is 18.2. The maximum atomic E-state index is 13.2. The molecule has 0 heterocycles. The van der Waals surface area contributed by atoms with Gasteiger partial charge in [-0.1, -0.05) is 66.7 Å². The van der Waals surface area contributed by atoms with Crippen LogP contribution in [0.1, 0.15) is 41.5 Å². The average molecular weight is 635 g/mol. The predicted octanol–water partition coefficient (Wildman–Crippen LogP) is 2.01. The number of nitrogens with one attached hydrogen (secondary N) is 3. The highest BCUT2D eigenvalue weighted by Crippen LogP contribution is 2.16. The standard InChI is InChI=1S/C30H39ClN4O7S/c1-3-4-5-6-7-8-26(35-43(40,41)20-22-11-9-21(10-12-22)15-28(37)42-2)30(39)34-27(19-36)29(38)33-18-24-16-25(31)14-13-23(24)17-32/h3-5,9-14,16,26-27,35-36H,1,6-8,15,17-20,32H2,2H3,(H,33,38)(H,34,39)/b5-4-/t26-,27+/m1/s1. The Hall–Kier alpha value is -3.55. The van der Waals surface area contributed by atoms with Crippen LogP contribution in [0.5, 0.6) is 0 Å². The van der Waals surface area contributed by atoms with E-state index in [1.807, 2.05) is 6.08 Å². The number of hydrogen-bond acceptors (Lipinski definition) is 8. The fourth-order valence-corrected chi connectivity index (χ4v) is 5.64. The lowest BCUT2D eigenvalue weighted by molar-refractivity contribution is -0.139. The Morgan fingerprint density at radius 1 is 1.07 bits per heavy atom. The number of amides is 2. The second-order valence-electron chi connectivity index (χ2n) is 9.67. The first-order chi connectivity index (χ1) is 20.5. The average Bonchev–Trinajstić information content (AvgIpc) is 2.98. The normalized spacial score (nSPS) is 12.8. The minimum atomic E-state index is -4.01. The highest BCUT2D eigenvalue weighted by Gasteiger charge is 2.28. The summed E-state index contributed by atoms with van der Waals surface area (Å²) in [6.45, 7) is 3.17. The van der Waals surface area contributed by atoms with Gasteiger partial charge in [0.1, 0.15) is 12.1 Å². The van der Waals surface area contributed by atoms with Gasteiger partial charge in [-0.15, -0.1) is 0 Å². The van der Waals surface area contributed by atoms with E-state index in [-0.39, 0.29) is 25.9 Å². The number of unbranched alkanes of at least 4 members (excludes halogenated alkanes) is 1. The van der Waals surface area contributed by atoms with Crippen molar-refractivity contribution in [3.05, 3.63) is 94.5 Å². The molecule has 0 aliphatic rings. The Kier molecular flexibility index (Phi) is 15.1. The summed E-state index contributed by atoms with van der Waals surface area (Å²) < 4.78 is 33.2. The van der Waals surface area contributed by atoms with Crippen LogP contribution in [-0.2, 0) is 54.4 Å². The van der Waals surface area contributed by atoms with Gasteiger partial charge >= 0.3 is 5.97 Å². The maximum Gasteiger partial charge on any atom is 0.309 e. The molecule has 0 saturated heterocycles. The van der Waals surface area contributed by atoms with E-state index < -0.39 is 52.3 Å². The SMILES string of the molecule is C=C/C=C\CCC[C@@H](NS(=O)(=O)Cc1ccc(CC(=O)OC)cc1)C(=O)N[C@@H](CO)C(=O)NCc1cc(Cl)ccc1CN. The van der Waals surface area contributed by atoms with Gasteiger partial charge in [-0.05, 0) is 53.6 Å². The molecule has 2 amide bonds. The van der Waals surface area contributed by atoms with Crippen molar-refractivity contribution in [2.45, 2.75) is 56.6 Å². The van der Waals surface area contributed by atoms with Gasteiger partial charge in [-0.3, -0.25) is 14.4 Å². The van der Waals surface area contributed by atoms with E-state index in [0.29, 0.717) is 34.6 Å². The van der Waals surface area contributed by atoms with Crippen LogP contribution in [0.25, 0.3) is 0 Å². The number of carbonyl (C=O) groups is 3. The van der Waals surface area contributed by atoms with E-state index in [4.69, 9.17) is 17.3 Å². The number of aliphatic hydroxyl groups excluding tert-OH is 1. The largest absolute Gasteiger partial charge is 0.469 e. The summed E-state index contributed by atoms with van der Waals surface area (Å²) in [5, 5.41) is 15.4. The van der Waals surface area contributed by atoms with E-state index in [2.05, 4.69) is 26.7 Å². The third kappa shape index (κ3) is 12.7. The topological polar surface area (TPSA) is 177 Å². The molecule has 2 rings (SSSR count). The molecule has 234 valence electrons. The number of ether oxygens (including phenoxy) is 1. The van der Waals surface area contributed by atoms with Crippen LogP contribution in [0.2, 0.25) is 5.02 Å². The van der Waals surface area contributed by atoms with Crippen LogP contribution in [0.3, 0.4) is 0 Å². The molecular weight excluding hydrogens is 596 g/mol. The van der Waals surface area contributed by atoms with Crippen molar-refractivity contribution < 1.29 is 32.6 Å². The molecule has 0 aliphatic heterocycles. The highest BCUT2D eigenvalue weighted by atomic mass is 35.5. The Morgan fingerprint density at radius 3 is 2.40 bits per heavy atom. The van der Waals surface area contributed by atoms with Gasteiger partial charge in [0, 0.05) is 18.1 Å². The summed E-state index contributed by atoms with van der Waals surface area (Å²) >= 11 is 6.05. The summed E-state index contributed by atoms with van der Waals surface area (Å²) in [6.07, 6.45) is 6.39. The zero-order valence-electron chi connectivity index (χ0n) is 24.1. The van der Waals surface area contributed by atoms with E-state index in [1.165, 1.54) is 7.11 Å². The highest BCUT2D eigenvalue weighted by molar-refractivity contribution is 7.88. The number of halogens is 1. The molecule has 0 aromatic heterocycles. The summed E-state index contributed by atoms with van der Waals surface area (Å²) in [5.74, 6) is -2.26. The molecule has 2 aromatic rings. The molecule has 0 aliphatic carbocycles. The summed E-state index contributed by atoms with van der Waals surface area (Å²) in [7, 11) is -2.73. The van der Waals surface area contributed by atoms with E-state index in [0.717, 1.165) is 5.56 Å². The Bertz CT molecular complexity index is 1380. The van der Waals surface area contributed by atoms with Crippen molar-refractivity contribution in [2.24, 2.45) is 5.73 Å². The molecular formula is C30H39ClN4O7S. The number of methoxy groups -OCH3 is 1. The molecule has 2 aromatic carbocycles. The van der Waals surface area contributed by atoms with Crippen molar-refractivity contribution in [1.82, 2.24) is 15.4 Å². The number of esters is 1. The number of aliphatic hydroxyl groups is 1. The van der Waals surface area contributed by atoms with Crippen LogP contribution >= 0.6 is 11.6 Å². The van der Waals surface area contributed by atoms with E-state index in [1.54, 1.807) is 54.6 Å². The first-order valence-corrected chi connectivity index (χ1v) is 15.6.